The number of hydrogen-bond donors (Lipinski definition) is 1. The van der Waals surface area contributed by atoms with Crippen molar-refractivity contribution < 1.29 is 14.3 Å². The number of carbonyl (C=O) groups excluding carboxylic acids is 2. The Hall–Kier alpha value is -2.38. The van der Waals surface area contributed by atoms with E-state index in [-0.39, 0.29) is 23.8 Å². The van der Waals surface area contributed by atoms with Gasteiger partial charge in [0.05, 0.1) is 17.9 Å². The minimum Gasteiger partial charge on any atom is -0.497 e. The monoisotopic (exact) mass is 441 g/mol. The molecule has 0 bridgehead atoms. The van der Waals surface area contributed by atoms with Crippen LogP contribution < -0.4 is 10.1 Å². The molecule has 1 N–H and O–H groups in total. The predicted octanol–water partition coefficient (Wildman–Crippen LogP) is 3.39. The molecule has 2 fully saturated rings. The number of carbonyl (C=O) groups is 2. The first-order valence-corrected chi connectivity index (χ1v) is 12.0. The molecular weight excluding hydrogens is 410 g/mol. The Morgan fingerprint density at radius 3 is 2.71 bits per heavy atom. The van der Waals surface area contributed by atoms with Gasteiger partial charge in [-0.3, -0.25) is 14.5 Å². The van der Waals surface area contributed by atoms with Crippen LogP contribution in [-0.2, 0) is 11.3 Å². The fourth-order valence-electron chi connectivity index (χ4n) is 4.52. The predicted molar refractivity (Wildman–Crippen MR) is 122 cm³/mol. The SMILES string of the molecule is COc1cccc(CN2CCC(NC(=O)C3CCCN(C(=O)c4cccs4)C3)CC2)c1. The number of hydrogen-bond acceptors (Lipinski definition) is 5. The summed E-state index contributed by atoms with van der Waals surface area (Å²) < 4.78 is 5.32. The maximum Gasteiger partial charge on any atom is 0.263 e. The van der Waals surface area contributed by atoms with E-state index in [4.69, 9.17) is 4.74 Å². The first-order valence-electron chi connectivity index (χ1n) is 11.1. The zero-order chi connectivity index (χ0) is 21.6. The first kappa shape index (κ1) is 21.8. The summed E-state index contributed by atoms with van der Waals surface area (Å²) in [7, 11) is 1.69. The van der Waals surface area contributed by atoms with Gasteiger partial charge in [0.1, 0.15) is 5.75 Å². The average molecular weight is 442 g/mol. The number of ether oxygens (including phenoxy) is 1. The average Bonchev–Trinajstić information content (AvgIpc) is 3.35. The van der Waals surface area contributed by atoms with Gasteiger partial charge >= 0.3 is 0 Å². The fourth-order valence-corrected chi connectivity index (χ4v) is 5.21. The molecule has 3 heterocycles. The zero-order valence-corrected chi connectivity index (χ0v) is 18.9. The van der Waals surface area contributed by atoms with E-state index < -0.39 is 0 Å². The highest BCUT2D eigenvalue weighted by molar-refractivity contribution is 7.12. The molecule has 6 nitrogen and oxygen atoms in total. The van der Waals surface area contributed by atoms with Crippen molar-refractivity contribution in [3.8, 4) is 5.75 Å². The van der Waals surface area contributed by atoms with Crippen molar-refractivity contribution in [2.75, 3.05) is 33.3 Å². The summed E-state index contributed by atoms with van der Waals surface area (Å²) in [6.45, 7) is 4.10. The van der Waals surface area contributed by atoms with E-state index in [0.29, 0.717) is 6.54 Å². The van der Waals surface area contributed by atoms with Crippen molar-refractivity contribution >= 4 is 23.2 Å². The lowest BCUT2D eigenvalue weighted by atomic mass is 9.95. The molecule has 2 saturated heterocycles. The Morgan fingerprint density at radius 1 is 1.13 bits per heavy atom. The Bertz CT molecular complexity index is 878. The normalized spacial score (nSPS) is 20.4. The second kappa shape index (κ2) is 10.3. The molecule has 2 aliphatic heterocycles. The van der Waals surface area contributed by atoms with Crippen molar-refractivity contribution in [3.05, 3.63) is 52.2 Å². The molecule has 7 heteroatoms. The lowest BCUT2D eigenvalue weighted by Gasteiger charge is -2.35. The van der Waals surface area contributed by atoms with Gasteiger partial charge in [0, 0.05) is 38.8 Å². The summed E-state index contributed by atoms with van der Waals surface area (Å²) in [5.74, 6) is 0.944. The van der Waals surface area contributed by atoms with Gasteiger partial charge in [0.15, 0.2) is 0 Å². The van der Waals surface area contributed by atoms with Gasteiger partial charge in [-0.1, -0.05) is 18.2 Å². The van der Waals surface area contributed by atoms with Gasteiger partial charge in [-0.15, -0.1) is 11.3 Å². The van der Waals surface area contributed by atoms with E-state index in [1.165, 1.54) is 16.9 Å². The zero-order valence-electron chi connectivity index (χ0n) is 18.1. The Balaban J connectivity index is 1.23. The van der Waals surface area contributed by atoms with Crippen LogP contribution >= 0.6 is 11.3 Å². The summed E-state index contributed by atoms with van der Waals surface area (Å²) >= 11 is 1.46. The number of amides is 2. The molecular formula is C24H31N3O3S. The number of thiophene rings is 1. The second-order valence-corrected chi connectivity index (χ2v) is 9.43. The van der Waals surface area contributed by atoms with E-state index in [2.05, 4.69) is 22.3 Å². The highest BCUT2D eigenvalue weighted by Gasteiger charge is 2.31. The van der Waals surface area contributed by atoms with Crippen molar-refractivity contribution in [2.24, 2.45) is 5.92 Å². The number of likely N-dealkylation sites (tertiary alicyclic amines) is 2. The quantitative estimate of drug-likeness (QED) is 0.747. The third kappa shape index (κ3) is 5.66. The van der Waals surface area contributed by atoms with E-state index in [1.807, 2.05) is 34.5 Å². The Kier molecular flexibility index (Phi) is 7.25. The van der Waals surface area contributed by atoms with Crippen molar-refractivity contribution in [1.82, 2.24) is 15.1 Å². The molecule has 0 saturated carbocycles. The number of rotatable bonds is 6. The number of nitrogens with zero attached hydrogens (tertiary/aromatic N) is 2. The lowest BCUT2D eigenvalue weighted by molar-refractivity contribution is -0.127. The topological polar surface area (TPSA) is 61.9 Å². The molecule has 0 radical (unpaired) electrons. The molecule has 1 atom stereocenters. The Labute approximate surface area is 188 Å². The van der Waals surface area contributed by atoms with Crippen LogP contribution in [0.1, 0.15) is 40.9 Å². The van der Waals surface area contributed by atoms with E-state index >= 15 is 0 Å². The van der Waals surface area contributed by atoms with Crippen LogP contribution in [0.25, 0.3) is 0 Å². The molecule has 1 unspecified atom stereocenters. The number of benzene rings is 1. The molecule has 0 aliphatic carbocycles. The van der Waals surface area contributed by atoms with Gasteiger partial charge in [-0.2, -0.15) is 0 Å². The Morgan fingerprint density at radius 2 is 1.97 bits per heavy atom. The van der Waals surface area contributed by atoms with Crippen LogP contribution in [0.5, 0.6) is 5.75 Å². The van der Waals surface area contributed by atoms with E-state index in [1.54, 1.807) is 7.11 Å². The van der Waals surface area contributed by atoms with Crippen LogP contribution in [0.3, 0.4) is 0 Å². The maximum atomic E-state index is 12.9. The number of piperidine rings is 2. The molecule has 31 heavy (non-hydrogen) atoms. The summed E-state index contributed by atoms with van der Waals surface area (Å²) in [6, 6.07) is 12.2. The van der Waals surface area contributed by atoms with Crippen LogP contribution in [0, 0.1) is 5.92 Å². The fraction of sp³-hybridized carbons (Fsp3) is 0.500. The lowest BCUT2D eigenvalue weighted by Crippen LogP contribution is -2.50. The minimum absolute atomic E-state index is 0.0540. The summed E-state index contributed by atoms with van der Waals surface area (Å²) in [6.07, 6.45) is 3.66. The van der Waals surface area contributed by atoms with Gasteiger partial charge in [-0.25, -0.2) is 0 Å². The molecule has 2 amide bonds. The third-order valence-electron chi connectivity index (χ3n) is 6.29. The molecule has 4 rings (SSSR count). The smallest absolute Gasteiger partial charge is 0.263 e. The van der Waals surface area contributed by atoms with Gasteiger partial charge in [-0.05, 0) is 54.8 Å². The highest BCUT2D eigenvalue weighted by Crippen LogP contribution is 2.22. The maximum absolute atomic E-state index is 12.9. The van der Waals surface area contributed by atoms with Crippen LogP contribution in [-0.4, -0.2) is 60.9 Å². The summed E-state index contributed by atoms with van der Waals surface area (Å²) in [5.41, 5.74) is 1.25. The van der Waals surface area contributed by atoms with Crippen LogP contribution in [0.2, 0.25) is 0 Å². The molecule has 2 aromatic rings. The summed E-state index contributed by atoms with van der Waals surface area (Å²) in [5, 5.41) is 5.18. The molecule has 0 spiro atoms. The first-order chi connectivity index (χ1) is 15.1. The standard InChI is InChI=1S/C24H31N3O3S/c1-30-21-7-2-5-18(15-21)16-26-12-9-20(10-13-26)25-23(28)19-6-3-11-27(17-19)24(29)22-8-4-14-31-22/h2,4-5,7-8,14-15,19-20H,3,6,9-13,16-17H2,1H3,(H,25,28). The van der Waals surface area contributed by atoms with Crippen molar-refractivity contribution in [1.29, 1.82) is 0 Å². The third-order valence-corrected chi connectivity index (χ3v) is 7.14. The second-order valence-electron chi connectivity index (χ2n) is 8.48. The van der Waals surface area contributed by atoms with E-state index in [9.17, 15) is 9.59 Å². The number of methoxy groups -OCH3 is 1. The van der Waals surface area contributed by atoms with Gasteiger partial charge in [0.25, 0.3) is 5.91 Å². The molecule has 166 valence electrons. The van der Waals surface area contributed by atoms with Crippen LogP contribution in [0.4, 0.5) is 0 Å². The highest BCUT2D eigenvalue weighted by atomic mass is 32.1. The molecule has 1 aromatic heterocycles. The largest absolute Gasteiger partial charge is 0.497 e. The summed E-state index contributed by atoms with van der Waals surface area (Å²) in [4.78, 5) is 30.6. The van der Waals surface area contributed by atoms with Gasteiger partial charge in [0.2, 0.25) is 5.91 Å². The number of nitrogens with one attached hydrogen (secondary N) is 1. The minimum atomic E-state index is -0.104. The van der Waals surface area contributed by atoms with Crippen LogP contribution in [0.15, 0.2) is 41.8 Å². The molecule has 1 aromatic carbocycles. The molecule has 2 aliphatic rings. The van der Waals surface area contributed by atoms with Gasteiger partial charge < -0.3 is 15.0 Å². The van der Waals surface area contributed by atoms with E-state index in [0.717, 1.165) is 62.5 Å². The van der Waals surface area contributed by atoms with Crippen molar-refractivity contribution in [3.63, 3.8) is 0 Å². The van der Waals surface area contributed by atoms with Crippen molar-refractivity contribution in [2.45, 2.75) is 38.3 Å².